The Balaban J connectivity index is 2.74. The van der Waals surface area contributed by atoms with Crippen LogP contribution in [0.15, 0.2) is 22.8 Å². The van der Waals surface area contributed by atoms with Gasteiger partial charge in [-0.25, -0.2) is 0 Å². The molecule has 0 aromatic rings. The normalized spacial score (nSPS) is 23.9. The summed E-state index contributed by atoms with van der Waals surface area (Å²) in [5.41, 5.74) is 2.66. The first kappa shape index (κ1) is 11.7. The van der Waals surface area contributed by atoms with Crippen LogP contribution in [0.3, 0.4) is 0 Å². The molecule has 0 radical (unpaired) electrons. The smallest absolute Gasteiger partial charge is 0.302 e. The molecule has 0 bridgehead atoms. The van der Waals surface area contributed by atoms with Gasteiger partial charge in [0.2, 0.25) is 0 Å². The SMILES string of the molecule is CC(=O)OC/C=C1\C(=O)C(C)=C(C)C1C. The molecule has 0 saturated carbocycles. The van der Waals surface area contributed by atoms with Crippen LogP contribution in [-0.2, 0) is 14.3 Å². The molecule has 1 aliphatic rings. The van der Waals surface area contributed by atoms with Crippen LogP contribution < -0.4 is 0 Å². The molecule has 82 valence electrons. The topological polar surface area (TPSA) is 43.4 Å². The van der Waals surface area contributed by atoms with Gasteiger partial charge >= 0.3 is 5.97 Å². The van der Waals surface area contributed by atoms with E-state index < -0.39 is 0 Å². The van der Waals surface area contributed by atoms with Crippen LogP contribution in [0, 0.1) is 5.92 Å². The van der Waals surface area contributed by atoms with Crippen molar-refractivity contribution in [1.82, 2.24) is 0 Å². The van der Waals surface area contributed by atoms with E-state index in [4.69, 9.17) is 4.74 Å². The van der Waals surface area contributed by atoms with Crippen molar-refractivity contribution in [1.29, 1.82) is 0 Å². The molecule has 0 N–H and O–H groups in total. The monoisotopic (exact) mass is 208 g/mol. The maximum Gasteiger partial charge on any atom is 0.302 e. The molecule has 0 heterocycles. The highest BCUT2D eigenvalue weighted by atomic mass is 16.5. The van der Waals surface area contributed by atoms with Crippen molar-refractivity contribution in [3.8, 4) is 0 Å². The minimum atomic E-state index is -0.327. The van der Waals surface area contributed by atoms with E-state index in [1.54, 1.807) is 6.08 Å². The van der Waals surface area contributed by atoms with Crippen molar-refractivity contribution in [2.24, 2.45) is 5.92 Å². The maximum atomic E-state index is 11.7. The lowest BCUT2D eigenvalue weighted by atomic mass is 10.00. The van der Waals surface area contributed by atoms with E-state index in [2.05, 4.69) is 0 Å². The van der Waals surface area contributed by atoms with E-state index in [-0.39, 0.29) is 24.3 Å². The van der Waals surface area contributed by atoms with E-state index in [9.17, 15) is 9.59 Å². The van der Waals surface area contributed by atoms with Crippen LogP contribution in [-0.4, -0.2) is 18.4 Å². The molecule has 0 saturated heterocycles. The fraction of sp³-hybridized carbons (Fsp3) is 0.500. The molecule has 1 unspecified atom stereocenters. The second kappa shape index (κ2) is 4.43. The molecule has 0 spiro atoms. The highest BCUT2D eigenvalue weighted by molar-refractivity contribution is 6.11. The molecule has 0 fully saturated rings. The first-order valence-electron chi connectivity index (χ1n) is 5.00. The Morgan fingerprint density at radius 2 is 2.07 bits per heavy atom. The van der Waals surface area contributed by atoms with Crippen molar-refractivity contribution in [2.45, 2.75) is 27.7 Å². The molecule has 0 aliphatic heterocycles. The van der Waals surface area contributed by atoms with Gasteiger partial charge in [-0.15, -0.1) is 0 Å². The summed E-state index contributed by atoms with van der Waals surface area (Å²) in [5.74, 6) is -0.105. The molecule has 0 amide bonds. The zero-order valence-corrected chi connectivity index (χ0v) is 9.59. The molecule has 3 nitrogen and oxygen atoms in total. The molecule has 1 atom stereocenters. The Bertz CT molecular complexity index is 361. The number of hydrogen-bond acceptors (Lipinski definition) is 3. The first-order chi connectivity index (χ1) is 6.95. The van der Waals surface area contributed by atoms with Crippen molar-refractivity contribution in [3.05, 3.63) is 22.8 Å². The average molecular weight is 208 g/mol. The number of carbonyl (C=O) groups is 2. The van der Waals surface area contributed by atoms with Gasteiger partial charge in [0.25, 0.3) is 0 Å². The van der Waals surface area contributed by atoms with E-state index in [0.29, 0.717) is 0 Å². The van der Waals surface area contributed by atoms with Gasteiger partial charge < -0.3 is 4.74 Å². The maximum absolute atomic E-state index is 11.7. The van der Waals surface area contributed by atoms with Crippen LogP contribution in [0.5, 0.6) is 0 Å². The number of esters is 1. The number of ketones is 1. The second-order valence-electron chi connectivity index (χ2n) is 3.82. The molecular weight excluding hydrogens is 192 g/mol. The van der Waals surface area contributed by atoms with Gasteiger partial charge in [0, 0.05) is 18.4 Å². The summed E-state index contributed by atoms with van der Waals surface area (Å²) in [4.78, 5) is 22.3. The Morgan fingerprint density at radius 1 is 1.47 bits per heavy atom. The molecule has 1 rings (SSSR count). The van der Waals surface area contributed by atoms with Crippen molar-refractivity contribution < 1.29 is 14.3 Å². The fourth-order valence-corrected chi connectivity index (χ4v) is 1.67. The summed E-state index contributed by atoms with van der Waals surface area (Å²) >= 11 is 0. The summed E-state index contributed by atoms with van der Waals surface area (Å²) in [6.45, 7) is 7.32. The minimum Gasteiger partial charge on any atom is -0.462 e. The van der Waals surface area contributed by atoms with Crippen LogP contribution in [0.1, 0.15) is 27.7 Å². The number of rotatable bonds is 2. The lowest BCUT2D eigenvalue weighted by molar-refractivity contribution is -0.139. The minimum absolute atomic E-state index is 0.0761. The zero-order chi connectivity index (χ0) is 11.6. The Hall–Kier alpha value is -1.38. The van der Waals surface area contributed by atoms with Gasteiger partial charge in [0.1, 0.15) is 6.61 Å². The van der Waals surface area contributed by atoms with Crippen LogP contribution in [0.4, 0.5) is 0 Å². The van der Waals surface area contributed by atoms with Crippen molar-refractivity contribution >= 4 is 11.8 Å². The zero-order valence-electron chi connectivity index (χ0n) is 9.59. The van der Waals surface area contributed by atoms with Crippen LogP contribution in [0.25, 0.3) is 0 Å². The summed E-state index contributed by atoms with van der Waals surface area (Å²) in [7, 11) is 0. The summed E-state index contributed by atoms with van der Waals surface area (Å²) < 4.78 is 4.78. The Kier molecular flexibility index (Phi) is 3.45. The third-order valence-electron chi connectivity index (χ3n) is 2.90. The molecular formula is C12H16O3. The average Bonchev–Trinajstić information content (AvgIpc) is 2.34. The highest BCUT2D eigenvalue weighted by Crippen LogP contribution is 2.32. The van der Waals surface area contributed by atoms with Gasteiger partial charge in [0.05, 0.1) is 0 Å². The van der Waals surface area contributed by atoms with Crippen molar-refractivity contribution in [3.63, 3.8) is 0 Å². The van der Waals surface area contributed by atoms with E-state index in [1.807, 2.05) is 20.8 Å². The van der Waals surface area contributed by atoms with Gasteiger partial charge in [-0.3, -0.25) is 9.59 Å². The predicted octanol–water partition coefficient (Wildman–Crippen LogP) is 2.03. The van der Waals surface area contributed by atoms with Gasteiger partial charge in [-0.05, 0) is 25.5 Å². The fourth-order valence-electron chi connectivity index (χ4n) is 1.67. The van der Waals surface area contributed by atoms with E-state index >= 15 is 0 Å². The summed E-state index contributed by atoms with van der Waals surface area (Å²) in [6.07, 6.45) is 1.70. The third-order valence-corrected chi connectivity index (χ3v) is 2.90. The lowest BCUT2D eigenvalue weighted by Crippen LogP contribution is -2.05. The van der Waals surface area contributed by atoms with Crippen LogP contribution in [0.2, 0.25) is 0 Å². The van der Waals surface area contributed by atoms with E-state index in [1.165, 1.54) is 6.92 Å². The standard InChI is InChI=1S/C12H16O3/c1-7-8(2)11(12(14)9(7)3)5-6-15-10(4)13/h5,8H,6H2,1-4H3/b11-5-. The van der Waals surface area contributed by atoms with Gasteiger partial charge in [0.15, 0.2) is 5.78 Å². The summed E-state index contributed by atoms with van der Waals surface area (Å²) in [6, 6.07) is 0. The second-order valence-corrected chi connectivity index (χ2v) is 3.82. The Labute approximate surface area is 89.8 Å². The van der Waals surface area contributed by atoms with Crippen LogP contribution >= 0.6 is 0 Å². The summed E-state index contributed by atoms with van der Waals surface area (Å²) in [5, 5.41) is 0. The molecule has 0 aromatic heterocycles. The molecule has 0 aromatic carbocycles. The van der Waals surface area contributed by atoms with Gasteiger partial charge in [-0.1, -0.05) is 12.5 Å². The number of Topliss-reactive ketones (excluding diaryl/α,β-unsaturated/α-hetero) is 1. The Morgan fingerprint density at radius 3 is 2.47 bits per heavy atom. The quantitative estimate of drug-likeness (QED) is 0.515. The molecule has 1 aliphatic carbocycles. The van der Waals surface area contributed by atoms with Gasteiger partial charge in [-0.2, -0.15) is 0 Å². The number of carbonyl (C=O) groups excluding carboxylic acids is 2. The predicted molar refractivity (Wildman–Crippen MR) is 57.3 cm³/mol. The first-order valence-corrected chi connectivity index (χ1v) is 5.00. The van der Waals surface area contributed by atoms with Crippen molar-refractivity contribution in [2.75, 3.05) is 6.61 Å². The lowest BCUT2D eigenvalue weighted by Gasteiger charge is -2.06. The highest BCUT2D eigenvalue weighted by Gasteiger charge is 2.28. The third kappa shape index (κ3) is 2.35. The number of ether oxygens (including phenoxy) is 1. The number of allylic oxidation sites excluding steroid dienone is 3. The molecule has 3 heteroatoms. The molecule has 15 heavy (non-hydrogen) atoms. The van der Waals surface area contributed by atoms with E-state index in [0.717, 1.165) is 16.7 Å². The largest absolute Gasteiger partial charge is 0.462 e. The number of hydrogen-bond donors (Lipinski definition) is 0.